The fourth-order valence-electron chi connectivity index (χ4n) is 4.67. The maximum atomic E-state index is 13.4. The molecule has 0 aromatic heterocycles. The van der Waals surface area contributed by atoms with Gasteiger partial charge in [-0.25, -0.2) is 4.79 Å². The second kappa shape index (κ2) is 9.42. The highest BCUT2D eigenvalue weighted by Crippen LogP contribution is 2.38. The molecule has 1 saturated heterocycles. The normalized spacial score (nSPS) is 20.0. The third-order valence-electron chi connectivity index (χ3n) is 6.39. The van der Waals surface area contributed by atoms with Gasteiger partial charge in [-0.15, -0.1) is 0 Å². The maximum absolute atomic E-state index is 13.4. The Labute approximate surface area is 188 Å². The number of anilines is 1. The number of para-hydroxylation sites is 1. The Balaban J connectivity index is 1.33. The number of carbonyl (C=O) groups is 3. The van der Waals surface area contributed by atoms with E-state index in [0.29, 0.717) is 13.0 Å². The standard InChI is InChI=1S/C25H30N4O3/c1-28(20-12-3-2-4-13-20)17-9-16-26-22(30)18-29-23(31)25(27-24(29)32)15-8-7-11-19-10-5-6-14-21(19)25/h2-6,10,12-14H,7-9,11,15-18H2,1H3,(H,26,30)(H,27,32)/t25-/m1/s1. The lowest BCUT2D eigenvalue weighted by molar-refractivity contribution is -0.135. The number of carbonyl (C=O) groups excluding carboxylic acids is 3. The second-order valence-corrected chi connectivity index (χ2v) is 8.55. The van der Waals surface area contributed by atoms with E-state index in [1.807, 2.05) is 61.6 Å². The van der Waals surface area contributed by atoms with Gasteiger partial charge in [0.2, 0.25) is 5.91 Å². The summed E-state index contributed by atoms with van der Waals surface area (Å²) in [6.07, 6.45) is 4.02. The first kappa shape index (κ1) is 21.9. The number of nitrogens with one attached hydrogen (secondary N) is 2. The minimum atomic E-state index is -1.05. The van der Waals surface area contributed by atoms with Crippen LogP contribution < -0.4 is 15.5 Å². The van der Waals surface area contributed by atoms with E-state index in [-0.39, 0.29) is 18.4 Å². The van der Waals surface area contributed by atoms with E-state index in [4.69, 9.17) is 0 Å². The van der Waals surface area contributed by atoms with Gasteiger partial charge in [0.1, 0.15) is 12.1 Å². The summed E-state index contributed by atoms with van der Waals surface area (Å²) in [7, 11) is 2.01. The number of aryl methyl sites for hydroxylation is 1. The van der Waals surface area contributed by atoms with Crippen molar-refractivity contribution in [2.75, 3.05) is 31.6 Å². The van der Waals surface area contributed by atoms with Crippen LogP contribution in [0.4, 0.5) is 10.5 Å². The van der Waals surface area contributed by atoms with Crippen LogP contribution in [-0.2, 0) is 21.5 Å². The minimum absolute atomic E-state index is 0.261. The summed E-state index contributed by atoms with van der Waals surface area (Å²) in [6, 6.07) is 17.3. The number of benzene rings is 2. The molecule has 1 heterocycles. The molecule has 2 aromatic rings. The summed E-state index contributed by atoms with van der Waals surface area (Å²) in [6.45, 7) is 1.00. The molecule has 0 saturated carbocycles. The molecule has 2 aliphatic rings. The summed E-state index contributed by atoms with van der Waals surface area (Å²) in [5, 5.41) is 5.76. The Hall–Kier alpha value is -3.35. The average Bonchev–Trinajstić information content (AvgIpc) is 2.94. The van der Waals surface area contributed by atoms with Crippen molar-refractivity contribution in [2.45, 2.75) is 37.6 Å². The van der Waals surface area contributed by atoms with Gasteiger partial charge in [-0.05, 0) is 55.4 Å². The molecule has 168 valence electrons. The smallest absolute Gasteiger partial charge is 0.325 e. The fourth-order valence-corrected chi connectivity index (χ4v) is 4.67. The van der Waals surface area contributed by atoms with Crippen LogP contribution in [0.15, 0.2) is 54.6 Å². The summed E-state index contributed by atoms with van der Waals surface area (Å²) >= 11 is 0. The van der Waals surface area contributed by atoms with E-state index in [1.54, 1.807) is 0 Å². The number of urea groups is 1. The third kappa shape index (κ3) is 4.33. The Morgan fingerprint density at radius 2 is 1.84 bits per heavy atom. The molecule has 2 aromatic carbocycles. The highest BCUT2D eigenvalue weighted by atomic mass is 16.2. The van der Waals surface area contributed by atoms with Crippen LogP contribution in [0, 0.1) is 0 Å². The summed E-state index contributed by atoms with van der Waals surface area (Å²) in [4.78, 5) is 41.8. The van der Waals surface area contributed by atoms with E-state index in [0.717, 1.165) is 53.9 Å². The van der Waals surface area contributed by atoms with E-state index < -0.39 is 11.6 Å². The zero-order valence-electron chi connectivity index (χ0n) is 18.5. The fraction of sp³-hybridized carbons (Fsp3) is 0.400. The lowest BCUT2D eigenvalue weighted by atomic mass is 9.84. The van der Waals surface area contributed by atoms with Gasteiger partial charge in [-0.1, -0.05) is 42.5 Å². The first-order valence-electron chi connectivity index (χ1n) is 11.3. The molecule has 1 atom stereocenters. The van der Waals surface area contributed by atoms with Crippen molar-refractivity contribution in [1.29, 1.82) is 0 Å². The van der Waals surface area contributed by atoms with Crippen LogP contribution in [0.1, 0.15) is 36.8 Å². The number of amides is 4. The minimum Gasteiger partial charge on any atom is -0.375 e. The SMILES string of the molecule is CN(CCCNC(=O)CN1C(=O)N[C@@]2(CCCCc3ccccc32)C1=O)c1ccccc1. The molecule has 1 aliphatic carbocycles. The molecule has 1 aliphatic heterocycles. The monoisotopic (exact) mass is 434 g/mol. The number of rotatable bonds is 7. The topological polar surface area (TPSA) is 81.8 Å². The zero-order valence-corrected chi connectivity index (χ0v) is 18.5. The predicted molar refractivity (Wildman–Crippen MR) is 123 cm³/mol. The largest absolute Gasteiger partial charge is 0.375 e. The molecular formula is C25H30N4O3. The van der Waals surface area contributed by atoms with Crippen molar-refractivity contribution in [1.82, 2.24) is 15.5 Å². The van der Waals surface area contributed by atoms with Gasteiger partial charge < -0.3 is 15.5 Å². The van der Waals surface area contributed by atoms with Crippen molar-refractivity contribution >= 4 is 23.5 Å². The Kier molecular flexibility index (Phi) is 6.44. The lowest BCUT2D eigenvalue weighted by Crippen LogP contribution is -2.45. The predicted octanol–water partition coefficient (Wildman–Crippen LogP) is 2.80. The molecule has 1 fully saturated rings. The van der Waals surface area contributed by atoms with Gasteiger partial charge in [-0.2, -0.15) is 0 Å². The summed E-state index contributed by atoms with van der Waals surface area (Å²) in [5.74, 6) is -0.648. The quantitative estimate of drug-likeness (QED) is 0.519. The van der Waals surface area contributed by atoms with Gasteiger partial charge in [0.25, 0.3) is 5.91 Å². The van der Waals surface area contributed by atoms with Crippen molar-refractivity contribution in [3.63, 3.8) is 0 Å². The highest BCUT2D eigenvalue weighted by Gasteiger charge is 2.53. The molecule has 2 N–H and O–H groups in total. The number of hydrogen-bond acceptors (Lipinski definition) is 4. The van der Waals surface area contributed by atoms with Crippen LogP contribution >= 0.6 is 0 Å². The van der Waals surface area contributed by atoms with E-state index in [2.05, 4.69) is 15.5 Å². The molecule has 4 amide bonds. The van der Waals surface area contributed by atoms with Crippen molar-refractivity contribution < 1.29 is 14.4 Å². The molecule has 7 nitrogen and oxygen atoms in total. The number of imide groups is 1. The van der Waals surface area contributed by atoms with Crippen molar-refractivity contribution in [3.05, 3.63) is 65.7 Å². The molecule has 7 heteroatoms. The van der Waals surface area contributed by atoms with Gasteiger partial charge in [0.05, 0.1) is 0 Å². The average molecular weight is 435 g/mol. The maximum Gasteiger partial charge on any atom is 0.325 e. The van der Waals surface area contributed by atoms with E-state index in [9.17, 15) is 14.4 Å². The van der Waals surface area contributed by atoms with Gasteiger partial charge >= 0.3 is 6.03 Å². The van der Waals surface area contributed by atoms with Crippen molar-refractivity contribution in [3.8, 4) is 0 Å². The summed E-state index contributed by atoms with van der Waals surface area (Å²) in [5.41, 5.74) is 2.02. The highest BCUT2D eigenvalue weighted by molar-refractivity contribution is 6.09. The van der Waals surface area contributed by atoms with Crippen LogP contribution in [0.3, 0.4) is 0 Å². The Morgan fingerprint density at radius 3 is 2.66 bits per heavy atom. The van der Waals surface area contributed by atoms with Gasteiger partial charge in [0.15, 0.2) is 0 Å². The number of nitrogens with zero attached hydrogens (tertiary/aromatic N) is 2. The molecule has 4 rings (SSSR count). The van der Waals surface area contributed by atoms with Gasteiger partial charge in [0, 0.05) is 25.8 Å². The van der Waals surface area contributed by atoms with Crippen LogP contribution in [0.5, 0.6) is 0 Å². The summed E-state index contributed by atoms with van der Waals surface area (Å²) < 4.78 is 0. The van der Waals surface area contributed by atoms with E-state index >= 15 is 0 Å². The Morgan fingerprint density at radius 1 is 1.09 bits per heavy atom. The Bertz CT molecular complexity index is 994. The molecule has 0 radical (unpaired) electrons. The molecule has 0 bridgehead atoms. The second-order valence-electron chi connectivity index (χ2n) is 8.55. The molecule has 1 spiro atoms. The first-order chi connectivity index (χ1) is 15.5. The van der Waals surface area contributed by atoms with Crippen LogP contribution in [-0.4, -0.2) is 49.4 Å². The lowest BCUT2D eigenvalue weighted by Gasteiger charge is -2.27. The van der Waals surface area contributed by atoms with E-state index in [1.165, 1.54) is 0 Å². The molecular weight excluding hydrogens is 404 g/mol. The molecule has 0 unspecified atom stereocenters. The van der Waals surface area contributed by atoms with Crippen LogP contribution in [0.25, 0.3) is 0 Å². The molecule has 32 heavy (non-hydrogen) atoms. The van der Waals surface area contributed by atoms with Gasteiger partial charge in [-0.3, -0.25) is 14.5 Å². The zero-order chi connectivity index (χ0) is 22.6. The number of fused-ring (bicyclic) bond motifs is 2. The van der Waals surface area contributed by atoms with Crippen LogP contribution in [0.2, 0.25) is 0 Å². The number of hydrogen-bond donors (Lipinski definition) is 2. The first-order valence-corrected chi connectivity index (χ1v) is 11.3. The third-order valence-corrected chi connectivity index (χ3v) is 6.39. The van der Waals surface area contributed by atoms with Crippen molar-refractivity contribution in [2.24, 2.45) is 0 Å².